The van der Waals surface area contributed by atoms with Gasteiger partial charge in [0.2, 0.25) is 0 Å². The van der Waals surface area contributed by atoms with E-state index in [1.54, 1.807) is 42.5 Å². The molecule has 0 aliphatic carbocycles. The number of nitrogens with zero attached hydrogens (tertiary/aromatic N) is 3. The van der Waals surface area contributed by atoms with Crippen LogP contribution in [0.4, 0.5) is 5.69 Å². The first-order valence-electron chi connectivity index (χ1n) is 10.2. The minimum atomic E-state index is -3.54. The Labute approximate surface area is 196 Å². The van der Waals surface area contributed by atoms with E-state index in [1.807, 2.05) is 6.07 Å². The third-order valence-corrected chi connectivity index (χ3v) is 6.08. The second kappa shape index (κ2) is 10.3. The summed E-state index contributed by atoms with van der Waals surface area (Å²) in [7, 11) is -3.54. The predicted octanol–water partition coefficient (Wildman–Crippen LogP) is 1.19. The number of ether oxygens (including phenoxy) is 1. The van der Waals surface area contributed by atoms with Crippen molar-refractivity contribution in [1.82, 2.24) is 4.90 Å². The zero-order valence-corrected chi connectivity index (χ0v) is 19.0. The van der Waals surface area contributed by atoms with Crippen molar-refractivity contribution >= 4 is 39.2 Å². The molecule has 10 nitrogen and oxygen atoms in total. The summed E-state index contributed by atoms with van der Waals surface area (Å²) in [6, 6.07) is 14.6. The lowest BCUT2D eigenvalue weighted by molar-refractivity contribution is -0.151. The lowest BCUT2D eigenvalue weighted by Crippen LogP contribution is -2.47. The zero-order valence-electron chi connectivity index (χ0n) is 18.2. The third-order valence-electron chi connectivity index (χ3n) is 5.11. The topological polar surface area (TPSA) is 142 Å². The zero-order chi connectivity index (χ0) is 24.9. The van der Waals surface area contributed by atoms with E-state index >= 15 is 0 Å². The van der Waals surface area contributed by atoms with E-state index in [0.717, 1.165) is 11.2 Å². The van der Waals surface area contributed by atoms with Crippen LogP contribution in [0, 0.1) is 11.3 Å². The molecule has 34 heavy (non-hydrogen) atoms. The van der Waals surface area contributed by atoms with E-state index < -0.39 is 58.4 Å². The van der Waals surface area contributed by atoms with Crippen LogP contribution in [0.1, 0.15) is 27.1 Å². The predicted molar refractivity (Wildman–Crippen MR) is 120 cm³/mol. The summed E-state index contributed by atoms with van der Waals surface area (Å²) in [5.41, 5.74) is 0.592. The number of benzene rings is 2. The van der Waals surface area contributed by atoms with Gasteiger partial charge >= 0.3 is 5.97 Å². The van der Waals surface area contributed by atoms with Gasteiger partial charge in [0, 0.05) is 11.9 Å². The van der Waals surface area contributed by atoms with Crippen molar-refractivity contribution in [3.05, 3.63) is 65.7 Å². The number of fused-ring (bicyclic) bond motifs is 1. The van der Waals surface area contributed by atoms with Gasteiger partial charge in [0.05, 0.1) is 22.9 Å². The maximum absolute atomic E-state index is 12.9. The van der Waals surface area contributed by atoms with E-state index in [0.29, 0.717) is 10.6 Å². The number of anilines is 1. The van der Waals surface area contributed by atoms with Crippen molar-refractivity contribution in [3.63, 3.8) is 0 Å². The normalized spacial score (nSPS) is 13.7. The van der Waals surface area contributed by atoms with Crippen LogP contribution in [0.25, 0.3) is 0 Å². The largest absolute Gasteiger partial charge is 0.454 e. The lowest BCUT2D eigenvalue weighted by atomic mass is 10.1. The average molecular weight is 484 g/mol. The molecule has 3 amide bonds. The molecule has 0 fully saturated rings. The molecule has 1 unspecified atom stereocenters. The molecule has 2 aromatic carbocycles. The number of hydrogen-bond acceptors (Lipinski definition) is 8. The number of sulfone groups is 1. The number of para-hydroxylation sites is 1. The van der Waals surface area contributed by atoms with Crippen molar-refractivity contribution in [1.29, 1.82) is 5.26 Å². The Hall–Kier alpha value is -4.04. The van der Waals surface area contributed by atoms with Crippen LogP contribution in [0.15, 0.2) is 54.6 Å². The Balaban J connectivity index is 1.80. The number of carbonyl (C=O) groups is 4. The van der Waals surface area contributed by atoms with Crippen LogP contribution in [0.5, 0.6) is 0 Å². The van der Waals surface area contributed by atoms with Crippen molar-refractivity contribution in [3.8, 4) is 6.07 Å². The monoisotopic (exact) mass is 483 g/mol. The summed E-state index contributed by atoms with van der Waals surface area (Å²) >= 11 is 0. The van der Waals surface area contributed by atoms with E-state index in [1.165, 1.54) is 12.1 Å². The number of rotatable bonds is 9. The molecule has 176 valence electrons. The Morgan fingerprint density at radius 2 is 1.59 bits per heavy atom. The van der Waals surface area contributed by atoms with Gasteiger partial charge in [0.15, 0.2) is 6.61 Å². The molecule has 1 aliphatic rings. The first-order chi connectivity index (χ1) is 16.1. The van der Waals surface area contributed by atoms with Crippen molar-refractivity contribution in [2.45, 2.75) is 12.5 Å². The van der Waals surface area contributed by atoms with Gasteiger partial charge in [-0.15, -0.1) is 0 Å². The molecule has 1 aliphatic heterocycles. The highest BCUT2D eigenvalue weighted by atomic mass is 32.2. The number of hydrogen-bond donors (Lipinski definition) is 0. The molecule has 11 heteroatoms. The number of esters is 1. The number of amides is 3. The van der Waals surface area contributed by atoms with E-state index in [2.05, 4.69) is 0 Å². The summed E-state index contributed by atoms with van der Waals surface area (Å²) in [6.45, 7) is -1.07. The highest BCUT2D eigenvalue weighted by molar-refractivity contribution is 7.90. The van der Waals surface area contributed by atoms with Gasteiger partial charge in [-0.05, 0) is 30.7 Å². The van der Waals surface area contributed by atoms with Gasteiger partial charge < -0.3 is 4.74 Å². The fraction of sp³-hybridized carbons (Fsp3) is 0.261. The van der Waals surface area contributed by atoms with Crippen molar-refractivity contribution in [2.75, 3.05) is 30.1 Å². The Morgan fingerprint density at radius 3 is 2.12 bits per heavy atom. The molecule has 1 heterocycles. The first-order valence-corrected chi connectivity index (χ1v) is 12.2. The van der Waals surface area contributed by atoms with Crippen LogP contribution >= 0.6 is 0 Å². The fourth-order valence-corrected chi connectivity index (χ4v) is 4.13. The standard InChI is InChI=1S/C23H21N3O7S/c1-34(31,32)14-11-19(26-21(28)17-9-5-6-10-18(17)22(26)29)23(30)33-15-20(27)25(13-12-24)16-7-3-2-4-8-16/h2-10,19H,11,13-15H2,1H3. The van der Waals surface area contributed by atoms with Crippen LogP contribution in [-0.2, 0) is 24.2 Å². The van der Waals surface area contributed by atoms with Crippen molar-refractivity contribution in [2.24, 2.45) is 0 Å². The van der Waals surface area contributed by atoms with Gasteiger partial charge in [-0.1, -0.05) is 30.3 Å². The molecule has 0 spiro atoms. The van der Waals surface area contributed by atoms with Gasteiger partial charge in [0.25, 0.3) is 17.7 Å². The van der Waals surface area contributed by atoms with Gasteiger partial charge in [0.1, 0.15) is 22.4 Å². The molecule has 0 bridgehead atoms. The Bertz CT molecular complexity index is 1230. The molecule has 0 saturated carbocycles. The minimum absolute atomic E-state index is 0.0880. The Kier molecular flexibility index (Phi) is 7.43. The summed E-state index contributed by atoms with van der Waals surface area (Å²) < 4.78 is 28.5. The van der Waals surface area contributed by atoms with E-state index in [-0.39, 0.29) is 17.7 Å². The smallest absolute Gasteiger partial charge is 0.329 e. The molecule has 1 atom stereocenters. The summed E-state index contributed by atoms with van der Waals surface area (Å²) in [5.74, 6) is -3.80. The van der Waals surface area contributed by atoms with E-state index in [9.17, 15) is 27.6 Å². The van der Waals surface area contributed by atoms with Gasteiger partial charge in [-0.3, -0.25) is 24.2 Å². The van der Waals surface area contributed by atoms with Crippen LogP contribution < -0.4 is 4.90 Å². The van der Waals surface area contributed by atoms with Gasteiger partial charge in [-0.2, -0.15) is 5.26 Å². The van der Waals surface area contributed by atoms with E-state index in [4.69, 9.17) is 10.00 Å². The first kappa shape index (κ1) is 24.6. The number of imide groups is 1. The molecule has 0 aromatic heterocycles. The molecule has 0 radical (unpaired) electrons. The lowest BCUT2D eigenvalue weighted by Gasteiger charge is -2.25. The van der Waals surface area contributed by atoms with Gasteiger partial charge in [-0.25, -0.2) is 13.2 Å². The average Bonchev–Trinajstić information content (AvgIpc) is 3.06. The second-order valence-corrected chi connectivity index (χ2v) is 9.80. The number of nitriles is 1. The maximum atomic E-state index is 12.9. The SMILES string of the molecule is CS(=O)(=O)CCC(C(=O)OCC(=O)N(CC#N)c1ccccc1)N1C(=O)c2ccccc2C1=O. The van der Waals surface area contributed by atoms with Crippen molar-refractivity contribution < 1.29 is 32.3 Å². The second-order valence-electron chi connectivity index (χ2n) is 7.54. The summed E-state index contributed by atoms with van der Waals surface area (Å²) in [4.78, 5) is 53.0. The fourth-order valence-electron chi connectivity index (χ4n) is 3.48. The summed E-state index contributed by atoms with van der Waals surface area (Å²) in [6.07, 6.45) is 0.568. The van der Waals surface area contributed by atoms with Crippen LogP contribution in [-0.4, -0.2) is 68.2 Å². The third kappa shape index (κ3) is 5.47. The molecular formula is C23H21N3O7S. The molecule has 0 N–H and O–H groups in total. The van der Waals surface area contributed by atoms with Crippen LogP contribution in [0.3, 0.4) is 0 Å². The van der Waals surface area contributed by atoms with Crippen LogP contribution in [0.2, 0.25) is 0 Å². The maximum Gasteiger partial charge on any atom is 0.329 e. The highest BCUT2D eigenvalue weighted by Gasteiger charge is 2.43. The molecule has 2 aromatic rings. The minimum Gasteiger partial charge on any atom is -0.454 e. The molecule has 3 rings (SSSR count). The summed E-state index contributed by atoms with van der Waals surface area (Å²) in [5, 5.41) is 9.06. The molecule has 0 saturated heterocycles. The molecular weight excluding hydrogens is 462 g/mol. The quantitative estimate of drug-likeness (QED) is 0.294. The number of carbonyl (C=O) groups excluding carboxylic acids is 4. The highest BCUT2D eigenvalue weighted by Crippen LogP contribution is 2.26. The Morgan fingerprint density at radius 1 is 1.03 bits per heavy atom.